The minimum Gasteiger partial charge on any atom is -0.387 e. The fourth-order valence-electron chi connectivity index (χ4n) is 3.90. The summed E-state index contributed by atoms with van der Waals surface area (Å²) in [5, 5.41) is 15.5. The number of hydrogen-bond acceptors (Lipinski definition) is 7. The number of carbonyl (C=O) groups is 2. The van der Waals surface area contributed by atoms with Crippen LogP contribution in [0.5, 0.6) is 0 Å². The number of aromatic nitrogens is 1. The molecule has 0 saturated carbocycles. The molecule has 0 aliphatic carbocycles. The van der Waals surface area contributed by atoms with Crippen LogP contribution in [0.2, 0.25) is 0 Å². The van der Waals surface area contributed by atoms with Crippen LogP contribution in [0.4, 0.5) is 10.5 Å². The molecular weight excluding hydrogens is 400 g/mol. The summed E-state index contributed by atoms with van der Waals surface area (Å²) in [5.74, 6) is -0.197. The molecule has 30 heavy (non-hydrogen) atoms. The number of aliphatic hydroxyl groups excluding tert-OH is 1. The number of anilines is 1. The molecular formula is C22H26N4O3S. The van der Waals surface area contributed by atoms with Crippen molar-refractivity contribution in [1.82, 2.24) is 15.6 Å². The van der Waals surface area contributed by atoms with Crippen molar-refractivity contribution in [2.45, 2.75) is 36.7 Å². The van der Waals surface area contributed by atoms with Gasteiger partial charge in [0.15, 0.2) is 0 Å². The highest BCUT2D eigenvalue weighted by Crippen LogP contribution is 2.25. The Morgan fingerprint density at radius 1 is 1.20 bits per heavy atom. The SMILES string of the molecule is O=C1NC(=O)C(Cc2ccc(N3CCC(NC[C@H](O)c4cccnc4)CC3)cc2)S1. The van der Waals surface area contributed by atoms with Gasteiger partial charge >= 0.3 is 0 Å². The van der Waals surface area contributed by atoms with Crippen LogP contribution in [0.3, 0.4) is 0 Å². The third-order valence-electron chi connectivity index (χ3n) is 5.65. The highest BCUT2D eigenvalue weighted by Gasteiger charge is 2.31. The average molecular weight is 427 g/mol. The second kappa shape index (κ2) is 9.59. The molecule has 7 nitrogen and oxygen atoms in total. The molecule has 2 aliphatic heterocycles. The normalized spacial score (nSPS) is 21.0. The zero-order chi connectivity index (χ0) is 20.9. The van der Waals surface area contributed by atoms with Crippen molar-refractivity contribution in [2.24, 2.45) is 0 Å². The third-order valence-corrected chi connectivity index (χ3v) is 6.63. The number of imide groups is 1. The standard InChI is InChI=1S/C22H26N4O3S/c27-19(16-2-1-9-23-13-16)14-24-17-7-10-26(11-8-17)18-5-3-15(4-6-18)12-20-21(28)25-22(29)30-20/h1-6,9,13,17,19-20,24,27H,7-8,10-12,14H2,(H,25,28,29)/t19-,20?/m0/s1. The Hall–Kier alpha value is -2.42. The monoisotopic (exact) mass is 426 g/mol. The van der Waals surface area contributed by atoms with E-state index in [1.165, 1.54) is 5.69 Å². The van der Waals surface area contributed by atoms with Crippen LogP contribution in [0.15, 0.2) is 48.8 Å². The number of nitrogens with zero attached hydrogens (tertiary/aromatic N) is 2. The molecule has 0 spiro atoms. The Kier molecular flexibility index (Phi) is 6.66. The van der Waals surface area contributed by atoms with Crippen LogP contribution in [0.25, 0.3) is 0 Å². The lowest BCUT2D eigenvalue weighted by Crippen LogP contribution is -2.43. The van der Waals surface area contributed by atoms with Crippen molar-refractivity contribution >= 4 is 28.6 Å². The van der Waals surface area contributed by atoms with Gasteiger partial charge in [-0.1, -0.05) is 30.0 Å². The third kappa shape index (κ3) is 5.19. The van der Waals surface area contributed by atoms with Gasteiger partial charge < -0.3 is 15.3 Å². The lowest BCUT2D eigenvalue weighted by atomic mass is 10.0. The van der Waals surface area contributed by atoms with Gasteiger partial charge in [0.25, 0.3) is 5.24 Å². The van der Waals surface area contributed by atoms with Gasteiger partial charge in [-0.05, 0) is 43.0 Å². The smallest absolute Gasteiger partial charge is 0.286 e. The number of thioether (sulfide) groups is 1. The predicted octanol–water partition coefficient (Wildman–Crippen LogP) is 2.27. The Morgan fingerprint density at radius 2 is 1.97 bits per heavy atom. The second-order valence-corrected chi connectivity index (χ2v) is 8.90. The first-order valence-electron chi connectivity index (χ1n) is 10.3. The number of carbonyl (C=O) groups excluding carboxylic acids is 2. The summed E-state index contributed by atoms with van der Waals surface area (Å²) in [5.41, 5.74) is 3.06. The zero-order valence-electron chi connectivity index (χ0n) is 16.7. The number of rotatable bonds is 7. The summed E-state index contributed by atoms with van der Waals surface area (Å²) in [6.45, 7) is 2.44. The van der Waals surface area contributed by atoms with Crippen molar-refractivity contribution in [1.29, 1.82) is 0 Å². The summed E-state index contributed by atoms with van der Waals surface area (Å²) < 4.78 is 0. The van der Waals surface area contributed by atoms with E-state index in [1.807, 2.05) is 24.3 Å². The molecule has 2 amide bonds. The van der Waals surface area contributed by atoms with E-state index >= 15 is 0 Å². The van der Waals surface area contributed by atoms with Gasteiger partial charge in [-0.25, -0.2) is 0 Å². The van der Waals surface area contributed by atoms with Gasteiger partial charge in [0.05, 0.1) is 11.4 Å². The summed E-state index contributed by atoms with van der Waals surface area (Å²) in [6.07, 6.45) is 5.46. The first-order chi connectivity index (χ1) is 14.6. The molecule has 2 aromatic rings. The van der Waals surface area contributed by atoms with Crippen LogP contribution in [0.1, 0.15) is 30.1 Å². The molecule has 2 atom stereocenters. The van der Waals surface area contributed by atoms with Gasteiger partial charge in [0, 0.05) is 49.3 Å². The number of aliphatic hydroxyl groups is 1. The molecule has 2 fully saturated rings. The van der Waals surface area contributed by atoms with Crippen LogP contribution >= 0.6 is 11.8 Å². The number of piperidine rings is 1. The molecule has 2 saturated heterocycles. The van der Waals surface area contributed by atoms with Gasteiger partial charge in [-0.15, -0.1) is 0 Å². The molecule has 0 radical (unpaired) electrons. The van der Waals surface area contributed by atoms with Gasteiger partial charge in [0.2, 0.25) is 5.91 Å². The highest BCUT2D eigenvalue weighted by atomic mass is 32.2. The van der Waals surface area contributed by atoms with Crippen molar-refractivity contribution in [3.63, 3.8) is 0 Å². The van der Waals surface area contributed by atoms with E-state index in [1.54, 1.807) is 12.4 Å². The zero-order valence-corrected chi connectivity index (χ0v) is 17.5. The maximum Gasteiger partial charge on any atom is 0.286 e. The van der Waals surface area contributed by atoms with E-state index in [9.17, 15) is 14.7 Å². The van der Waals surface area contributed by atoms with E-state index in [0.717, 1.165) is 48.8 Å². The Balaban J connectivity index is 1.23. The summed E-state index contributed by atoms with van der Waals surface area (Å²) >= 11 is 1.07. The average Bonchev–Trinajstić information content (AvgIpc) is 3.10. The topological polar surface area (TPSA) is 94.6 Å². The lowest BCUT2D eigenvalue weighted by Gasteiger charge is -2.34. The van der Waals surface area contributed by atoms with Crippen molar-refractivity contribution in [3.8, 4) is 0 Å². The molecule has 1 unspecified atom stereocenters. The van der Waals surface area contributed by atoms with E-state index in [0.29, 0.717) is 19.0 Å². The first-order valence-corrected chi connectivity index (χ1v) is 11.1. The molecule has 3 N–H and O–H groups in total. The van der Waals surface area contributed by atoms with E-state index in [-0.39, 0.29) is 16.4 Å². The summed E-state index contributed by atoms with van der Waals surface area (Å²) in [7, 11) is 0. The number of nitrogens with one attached hydrogen (secondary N) is 2. The van der Waals surface area contributed by atoms with Crippen LogP contribution in [-0.4, -0.2) is 52.2 Å². The molecule has 3 heterocycles. The van der Waals surface area contributed by atoms with Crippen molar-refractivity contribution < 1.29 is 14.7 Å². The number of pyridine rings is 1. The maximum atomic E-state index is 11.7. The Labute approximate surface area is 180 Å². The minimum absolute atomic E-state index is 0.197. The van der Waals surface area contributed by atoms with Gasteiger partial charge in [-0.3, -0.25) is 19.9 Å². The molecule has 4 rings (SSSR count). The second-order valence-electron chi connectivity index (χ2n) is 7.73. The molecule has 158 valence electrons. The maximum absolute atomic E-state index is 11.7. The fourth-order valence-corrected chi connectivity index (χ4v) is 4.76. The number of hydrogen-bond donors (Lipinski definition) is 3. The molecule has 1 aromatic heterocycles. The molecule has 0 bridgehead atoms. The van der Waals surface area contributed by atoms with Gasteiger partial charge in [-0.2, -0.15) is 0 Å². The summed E-state index contributed by atoms with van der Waals surface area (Å²) in [6, 6.07) is 12.4. The van der Waals surface area contributed by atoms with Crippen LogP contribution in [0, 0.1) is 0 Å². The number of amides is 2. The van der Waals surface area contributed by atoms with E-state index < -0.39 is 6.10 Å². The molecule has 1 aromatic carbocycles. The molecule has 8 heteroatoms. The quantitative estimate of drug-likeness (QED) is 0.625. The van der Waals surface area contributed by atoms with E-state index in [4.69, 9.17) is 0 Å². The van der Waals surface area contributed by atoms with Gasteiger partial charge in [0.1, 0.15) is 0 Å². The Morgan fingerprint density at radius 3 is 2.60 bits per heavy atom. The first kappa shape index (κ1) is 20.8. The minimum atomic E-state index is -0.542. The predicted molar refractivity (Wildman–Crippen MR) is 117 cm³/mol. The lowest BCUT2D eigenvalue weighted by molar-refractivity contribution is -0.118. The number of benzene rings is 1. The van der Waals surface area contributed by atoms with Crippen molar-refractivity contribution in [3.05, 3.63) is 59.9 Å². The highest BCUT2D eigenvalue weighted by molar-refractivity contribution is 8.15. The van der Waals surface area contributed by atoms with Crippen LogP contribution in [-0.2, 0) is 11.2 Å². The van der Waals surface area contributed by atoms with E-state index in [2.05, 4.69) is 32.7 Å². The molecule has 2 aliphatic rings. The Bertz CT molecular complexity index is 870. The van der Waals surface area contributed by atoms with Crippen LogP contribution < -0.4 is 15.5 Å². The summed E-state index contributed by atoms with van der Waals surface area (Å²) in [4.78, 5) is 29.4. The largest absolute Gasteiger partial charge is 0.387 e. The van der Waals surface area contributed by atoms with Crippen molar-refractivity contribution in [2.75, 3.05) is 24.5 Å². The fraction of sp³-hybridized carbons (Fsp3) is 0.409.